The van der Waals surface area contributed by atoms with Crippen molar-refractivity contribution in [3.63, 3.8) is 0 Å². The Morgan fingerprint density at radius 1 is 0.808 bits per heavy atom. The second-order valence-electron chi connectivity index (χ2n) is 6.08. The van der Waals surface area contributed by atoms with E-state index in [1.165, 1.54) is 0 Å². The molecule has 0 radical (unpaired) electrons. The summed E-state index contributed by atoms with van der Waals surface area (Å²) in [6.45, 7) is 0. The fourth-order valence-electron chi connectivity index (χ4n) is 3.10. The third kappa shape index (κ3) is 3.22. The molecule has 0 aliphatic carbocycles. The minimum atomic E-state index is -0.187. The van der Waals surface area contributed by atoms with Gasteiger partial charge in [-0.15, -0.1) is 0 Å². The van der Waals surface area contributed by atoms with Crippen molar-refractivity contribution in [1.82, 2.24) is 0 Å². The first-order valence-corrected chi connectivity index (χ1v) is 8.78. The Morgan fingerprint density at radius 2 is 1.42 bits per heavy atom. The molecular formula is C22H17ClN2O. The van der Waals surface area contributed by atoms with Gasteiger partial charge < -0.3 is 5.32 Å². The van der Waals surface area contributed by atoms with E-state index in [-0.39, 0.29) is 11.9 Å². The predicted molar refractivity (Wildman–Crippen MR) is 106 cm³/mol. The average molecular weight is 361 g/mol. The Labute approximate surface area is 157 Å². The summed E-state index contributed by atoms with van der Waals surface area (Å²) in [4.78, 5) is 14.9. The quantitative estimate of drug-likeness (QED) is 0.673. The number of nitrogens with zero attached hydrogens (tertiary/aromatic N) is 1. The van der Waals surface area contributed by atoms with Gasteiger partial charge in [-0.05, 0) is 48.0 Å². The third-order valence-corrected chi connectivity index (χ3v) is 4.60. The van der Waals surface area contributed by atoms with Gasteiger partial charge in [-0.3, -0.25) is 9.69 Å². The fourth-order valence-corrected chi connectivity index (χ4v) is 3.23. The first-order valence-electron chi connectivity index (χ1n) is 8.40. The van der Waals surface area contributed by atoms with Crippen molar-refractivity contribution in [2.75, 3.05) is 10.2 Å². The number of para-hydroxylation sites is 2. The summed E-state index contributed by atoms with van der Waals surface area (Å²) in [6.07, 6.45) is 1.96. The largest absolute Gasteiger partial charge is 0.351 e. The number of nitrogens with one attached hydrogen (secondary N) is 1. The molecule has 1 amide bonds. The van der Waals surface area contributed by atoms with Crippen molar-refractivity contribution in [3.05, 3.63) is 107 Å². The van der Waals surface area contributed by atoms with Crippen LogP contribution in [0.2, 0.25) is 5.02 Å². The molecule has 1 aliphatic heterocycles. The van der Waals surface area contributed by atoms with Crippen LogP contribution in [0, 0.1) is 0 Å². The molecule has 4 rings (SSSR count). The smallest absolute Gasteiger partial charge is 0.275 e. The van der Waals surface area contributed by atoms with Crippen molar-refractivity contribution < 1.29 is 4.79 Å². The van der Waals surface area contributed by atoms with Gasteiger partial charge in [0.25, 0.3) is 5.91 Å². The number of hydrogen-bond donors (Lipinski definition) is 1. The van der Waals surface area contributed by atoms with E-state index in [0.29, 0.717) is 10.7 Å². The molecular weight excluding hydrogens is 344 g/mol. The van der Waals surface area contributed by atoms with Crippen LogP contribution < -0.4 is 10.2 Å². The number of carbonyl (C=O) groups is 1. The van der Waals surface area contributed by atoms with Crippen molar-refractivity contribution in [2.45, 2.75) is 6.04 Å². The Kier molecular flexibility index (Phi) is 4.46. The maximum absolute atomic E-state index is 13.1. The van der Waals surface area contributed by atoms with E-state index in [1.54, 1.807) is 4.90 Å². The molecule has 1 heterocycles. The maximum atomic E-state index is 13.1. The molecule has 0 saturated carbocycles. The summed E-state index contributed by atoms with van der Waals surface area (Å²) < 4.78 is 0. The molecule has 26 heavy (non-hydrogen) atoms. The number of rotatable bonds is 4. The van der Waals surface area contributed by atoms with Gasteiger partial charge >= 0.3 is 0 Å². The molecule has 128 valence electrons. The van der Waals surface area contributed by atoms with Gasteiger partial charge in [0.2, 0.25) is 0 Å². The van der Waals surface area contributed by atoms with Gasteiger partial charge in [0.15, 0.2) is 0 Å². The fraction of sp³-hybridized carbons (Fsp3) is 0.0455. The molecule has 1 atom stereocenters. The number of anilines is 2. The van der Waals surface area contributed by atoms with Gasteiger partial charge in [0.1, 0.15) is 5.70 Å². The lowest BCUT2D eigenvalue weighted by Crippen LogP contribution is -2.30. The second kappa shape index (κ2) is 7.06. The molecule has 0 spiro atoms. The summed E-state index contributed by atoms with van der Waals surface area (Å²) in [5.74, 6) is -0.0556. The van der Waals surface area contributed by atoms with E-state index in [9.17, 15) is 4.79 Å². The third-order valence-electron chi connectivity index (χ3n) is 4.35. The van der Waals surface area contributed by atoms with Gasteiger partial charge in [-0.1, -0.05) is 60.1 Å². The Balaban J connectivity index is 1.73. The van der Waals surface area contributed by atoms with Gasteiger partial charge in [-0.2, -0.15) is 0 Å². The van der Waals surface area contributed by atoms with Crippen LogP contribution in [-0.4, -0.2) is 5.91 Å². The van der Waals surface area contributed by atoms with Crippen molar-refractivity contribution in [1.29, 1.82) is 0 Å². The van der Waals surface area contributed by atoms with E-state index < -0.39 is 0 Å². The number of hydrogen-bond acceptors (Lipinski definition) is 2. The number of carbonyl (C=O) groups excluding carboxylic acids is 1. The van der Waals surface area contributed by atoms with Crippen LogP contribution in [-0.2, 0) is 4.79 Å². The van der Waals surface area contributed by atoms with Crippen LogP contribution in [0.1, 0.15) is 11.6 Å². The molecule has 3 aromatic carbocycles. The minimum Gasteiger partial charge on any atom is -0.351 e. The van der Waals surface area contributed by atoms with E-state index in [4.69, 9.17) is 11.6 Å². The highest BCUT2D eigenvalue weighted by Crippen LogP contribution is 2.36. The molecule has 1 aliphatic rings. The van der Waals surface area contributed by atoms with Crippen LogP contribution >= 0.6 is 11.6 Å². The van der Waals surface area contributed by atoms with E-state index in [2.05, 4.69) is 5.32 Å². The number of amides is 1. The molecule has 1 N–H and O–H groups in total. The van der Waals surface area contributed by atoms with Gasteiger partial charge in [0.05, 0.1) is 6.04 Å². The summed E-state index contributed by atoms with van der Waals surface area (Å²) in [7, 11) is 0. The number of benzene rings is 3. The molecule has 0 unspecified atom stereocenters. The van der Waals surface area contributed by atoms with E-state index in [0.717, 1.165) is 16.9 Å². The minimum absolute atomic E-state index is 0.0556. The van der Waals surface area contributed by atoms with Crippen LogP contribution in [0.4, 0.5) is 11.4 Å². The average Bonchev–Trinajstić information content (AvgIpc) is 3.00. The van der Waals surface area contributed by atoms with Crippen LogP contribution in [0.5, 0.6) is 0 Å². The van der Waals surface area contributed by atoms with Crippen molar-refractivity contribution in [2.24, 2.45) is 0 Å². The molecule has 3 aromatic rings. The normalized spacial score (nSPS) is 16.5. The Morgan fingerprint density at radius 3 is 2.08 bits per heavy atom. The molecule has 3 nitrogen and oxygen atoms in total. The first-order chi connectivity index (χ1) is 12.7. The monoisotopic (exact) mass is 360 g/mol. The zero-order valence-electron chi connectivity index (χ0n) is 14.0. The second-order valence-corrected chi connectivity index (χ2v) is 6.51. The molecule has 0 saturated heterocycles. The lowest BCUT2D eigenvalue weighted by atomic mass is 10.1. The zero-order chi connectivity index (χ0) is 17.9. The summed E-state index contributed by atoms with van der Waals surface area (Å²) in [5.41, 5.74) is 3.33. The summed E-state index contributed by atoms with van der Waals surface area (Å²) >= 11 is 6.03. The van der Waals surface area contributed by atoms with E-state index in [1.807, 2.05) is 91.0 Å². The van der Waals surface area contributed by atoms with Gasteiger partial charge in [0, 0.05) is 16.4 Å². The molecule has 0 fully saturated rings. The highest BCUT2D eigenvalue weighted by atomic mass is 35.5. The van der Waals surface area contributed by atoms with Crippen LogP contribution in [0.25, 0.3) is 0 Å². The SMILES string of the molecule is O=C1C(Nc2ccccc2)=C[C@@H](c2ccc(Cl)cc2)N1c1ccccc1. The van der Waals surface area contributed by atoms with Gasteiger partial charge in [-0.25, -0.2) is 0 Å². The van der Waals surface area contributed by atoms with Crippen LogP contribution in [0.3, 0.4) is 0 Å². The highest BCUT2D eigenvalue weighted by Gasteiger charge is 2.34. The highest BCUT2D eigenvalue weighted by molar-refractivity contribution is 6.30. The first kappa shape index (κ1) is 16.4. The topological polar surface area (TPSA) is 32.3 Å². The summed E-state index contributed by atoms with van der Waals surface area (Å²) in [6, 6.07) is 26.8. The Bertz CT molecular complexity index is 937. The van der Waals surface area contributed by atoms with E-state index >= 15 is 0 Å². The summed E-state index contributed by atoms with van der Waals surface area (Å²) in [5, 5.41) is 3.92. The standard InChI is InChI=1S/C22H17ClN2O/c23-17-13-11-16(12-14-17)21-15-20(24-18-7-3-1-4-8-18)22(26)25(21)19-9-5-2-6-10-19/h1-15,21,24H/t21-/m0/s1. The number of halogens is 1. The zero-order valence-corrected chi connectivity index (χ0v) is 14.7. The van der Waals surface area contributed by atoms with Crippen molar-refractivity contribution in [3.8, 4) is 0 Å². The lowest BCUT2D eigenvalue weighted by Gasteiger charge is -2.25. The molecule has 0 bridgehead atoms. The molecule has 0 aromatic heterocycles. The Hall–Kier alpha value is -3.04. The van der Waals surface area contributed by atoms with Crippen molar-refractivity contribution >= 4 is 28.9 Å². The lowest BCUT2D eigenvalue weighted by molar-refractivity contribution is -0.114. The molecule has 4 heteroatoms. The predicted octanol–water partition coefficient (Wildman–Crippen LogP) is 5.42. The maximum Gasteiger partial charge on any atom is 0.275 e. The van der Waals surface area contributed by atoms with Crippen LogP contribution in [0.15, 0.2) is 96.7 Å².